The second kappa shape index (κ2) is 14.2. The third-order valence-electron chi connectivity index (χ3n) is 5.63. The van der Waals surface area contributed by atoms with Crippen LogP contribution in [0.25, 0.3) is 0 Å². The van der Waals surface area contributed by atoms with E-state index in [0.29, 0.717) is 6.04 Å². The molecule has 0 saturated carbocycles. The molecule has 2 rings (SSSR count). The van der Waals surface area contributed by atoms with Crippen LogP contribution in [-0.2, 0) is 9.47 Å². The molecule has 2 fully saturated rings. The number of likely N-dealkylation sites (tertiary alicyclic amines) is 1. The SMILES string of the molecule is CCCCCCCCOCCCNC(=NC)N1CCC(N2CCOCC2)C1. The van der Waals surface area contributed by atoms with Crippen LogP contribution in [0.5, 0.6) is 0 Å². The molecule has 0 amide bonds. The van der Waals surface area contributed by atoms with Crippen LogP contribution in [0.4, 0.5) is 0 Å². The zero-order chi connectivity index (χ0) is 19.2. The number of guanidine groups is 1. The number of nitrogens with one attached hydrogen (secondary N) is 1. The van der Waals surface area contributed by atoms with E-state index < -0.39 is 0 Å². The van der Waals surface area contributed by atoms with Crippen LogP contribution < -0.4 is 5.32 Å². The summed E-state index contributed by atoms with van der Waals surface area (Å²) in [6.45, 7) is 11.0. The molecule has 0 spiro atoms. The molecule has 0 radical (unpaired) electrons. The first-order chi connectivity index (χ1) is 13.3. The highest BCUT2D eigenvalue weighted by Crippen LogP contribution is 2.17. The Morgan fingerprint density at radius 1 is 1.04 bits per heavy atom. The molecule has 2 saturated heterocycles. The van der Waals surface area contributed by atoms with Gasteiger partial charge in [0.05, 0.1) is 13.2 Å². The molecule has 6 heteroatoms. The van der Waals surface area contributed by atoms with Crippen molar-refractivity contribution in [2.24, 2.45) is 4.99 Å². The Hall–Kier alpha value is -0.850. The third-order valence-corrected chi connectivity index (χ3v) is 5.63. The molecule has 2 aliphatic heterocycles. The van der Waals surface area contributed by atoms with E-state index in [1.54, 1.807) is 0 Å². The highest BCUT2D eigenvalue weighted by Gasteiger charge is 2.30. The van der Waals surface area contributed by atoms with Crippen molar-refractivity contribution in [2.45, 2.75) is 64.3 Å². The lowest BCUT2D eigenvalue weighted by Crippen LogP contribution is -2.46. The Bertz CT molecular complexity index is 400. The van der Waals surface area contributed by atoms with Gasteiger partial charge >= 0.3 is 0 Å². The Kier molecular flexibility index (Phi) is 11.8. The molecular weight excluding hydrogens is 340 g/mol. The number of nitrogens with zero attached hydrogens (tertiary/aromatic N) is 3. The molecule has 2 aliphatic rings. The van der Waals surface area contributed by atoms with Crippen LogP contribution in [0.1, 0.15) is 58.3 Å². The Morgan fingerprint density at radius 3 is 2.56 bits per heavy atom. The van der Waals surface area contributed by atoms with Gasteiger partial charge in [-0.2, -0.15) is 0 Å². The molecule has 1 unspecified atom stereocenters. The zero-order valence-electron chi connectivity index (χ0n) is 17.8. The summed E-state index contributed by atoms with van der Waals surface area (Å²) in [5.41, 5.74) is 0. The second-order valence-corrected chi connectivity index (χ2v) is 7.74. The quantitative estimate of drug-likeness (QED) is 0.319. The minimum Gasteiger partial charge on any atom is -0.381 e. The van der Waals surface area contributed by atoms with Gasteiger partial charge in [0.15, 0.2) is 5.96 Å². The van der Waals surface area contributed by atoms with E-state index in [-0.39, 0.29) is 0 Å². The first-order valence-corrected chi connectivity index (χ1v) is 11.2. The standard InChI is InChI=1S/C21H42N4O2/c1-3-4-5-6-7-8-15-26-16-9-11-23-21(22-2)25-12-10-20(19-25)24-13-17-27-18-14-24/h20H,3-19H2,1-2H3,(H,22,23). The first kappa shape index (κ1) is 22.4. The van der Waals surface area contributed by atoms with Crippen molar-refractivity contribution < 1.29 is 9.47 Å². The number of unbranched alkanes of at least 4 members (excludes halogenated alkanes) is 5. The number of morpholine rings is 1. The first-order valence-electron chi connectivity index (χ1n) is 11.2. The third kappa shape index (κ3) is 8.79. The minimum absolute atomic E-state index is 0.646. The van der Waals surface area contributed by atoms with Gasteiger partial charge < -0.3 is 19.7 Å². The highest BCUT2D eigenvalue weighted by atomic mass is 16.5. The molecule has 0 aliphatic carbocycles. The Labute approximate surface area is 166 Å². The van der Waals surface area contributed by atoms with Gasteiger partial charge in [0.25, 0.3) is 0 Å². The molecule has 0 aromatic rings. The minimum atomic E-state index is 0.646. The van der Waals surface area contributed by atoms with Crippen molar-refractivity contribution in [3.63, 3.8) is 0 Å². The maximum atomic E-state index is 5.77. The summed E-state index contributed by atoms with van der Waals surface area (Å²) in [7, 11) is 1.89. The maximum absolute atomic E-state index is 5.77. The summed E-state index contributed by atoms with van der Waals surface area (Å²) in [5, 5.41) is 3.51. The van der Waals surface area contributed by atoms with E-state index >= 15 is 0 Å². The lowest BCUT2D eigenvalue weighted by Gasteiger charge is -2.32. The maximum Gasteiger partial charge on any atom is 0.193 e. The summed E-state index contributed by atoms with van der Waals surface area (Å²) < 4.78 is 11.2. The van der Waals surface area contributed by atoms with E-state index in [0.717, 1.165) is 71.5 Å². The summed E-state index contributed by atoms with van der Waals surface area (Å²) in [6, 6.07) is 0.646. The fraction of sp³-hybridized carbons (Fsp3) is 0.952. The van der Waals surface area contributed by atoms with Crippen molar-refractivity contribution in [2.75, 3.05) is 66.2 Å². The molecule has 0 bridgehead atoms. The number of hydrogen-bond donors (Lipinski definition) is 1. The average molecular weight is 383 g/mol. The molecule has 27 heavy (non-hydrogen) atoms. The van der Waals surface area contributed by atoms with Crippen molar-refractivity contribution in [1.82, 2.24) is 15.1 Å². The monoisotopic (exact) mass is 382 g/mol. The smallest absolute Gasteiger partial charge is 0.193 e. The largest absolute Gasteiger partial charge is 0.381 e. The lowest BCUT2D eigenvalue weighted by molar-refractivity contribution is 0.0195. The summed E-state index contributed by atoms with van der Waals surface area (Å²) in [4.78, 5) is 9.46. The number of rotatable bonds is 12. The van der Waals surface area contributed by atoms with Crippen LogP contribution in [0.2, 0.25) is 0 Å². The van der Waals surface area contributed by atoms with E-state index in [9.17, 15) is 0 Å². The van der Waals surface area contributed by atoms with Crippen LogP contribution >= 0.6 is 0 Å². The van der Waals surface area contributed by atoms with Crippen molar-refractivity contribution in [3.05, 3.63) is 0 Å². The Balaban J connectivity index is 1.48. The van der Waals surface area contributed by atoms with Crippen LogP contribution in [0, 0.1) is 0 Å². The Morgan fingerprint density at radius 2 is 1.78 bits per heavy atom. The fourth-order valence-corrected chi connectivity index (χ4v) is 3.97. The molecule has 2 heterocycles. The summed E-state index contributed by atoms with van der Waals surface area (Å²) >= 11 is 0. The molecule has 1 atom stereocenters. The highest BCUT2D eigenvalue weighted by molar-refractivity contribution is 5.80. The second-order valence-electron chi connectivity index (χ2n) is 7.74. The van der Waals surface area contributed by atoms with E-state index in [4.69, 9.17) is 9.47 Å². The fourth-order valence-electron chi connectivity index (χ4n) is 3.97. The number of aliphatic imine (C=N–C) groups is 1. The van der Waals surface area contributed by atoms with Crippen molar-refractivity contribution in [3.8, 4) is 0 Å². The van der Waals surface area contributed by atoms with Gasteiger partial charge in [0.2, 0.25) is 0 Å². The molecular formula is C21H42N4O2. The molecule has 0 aromatic carbocycles. The van der Waals surface area contributed by atoms with Gasteiger partial charge in [0, 0.05) is 59.0 Å². The predicted octanol–water partition coefficient (Wildman–Crippen LogP) is 2.74. The van der Waals surface area contributed by atoms with Crippen LogP contribution in [0.3, 0.4) is 0 Å². The van der Waals surface area contributed by atoms with Crippen molar-refractivity contribution >= 4 is 5.96 Å². The average Bonchev–Trinajstić information content (AvgIpc) is 3.20. The van der Waals surface area contributed by atoms with Gasteiger partial charge in [0.1, 0.15) is 0 Å². The number of ether oxygens (including phenoxy) is 2. The van der Waals surface area contributed by atoms with Crippen LogP contribution in [-0.4, -0.2) is 88.0 Å². The zero-order valence-corrected chi connectivity index (χ0v) is 17.8. The predicted molar refractivity (Wildman–Crippen MR) is 113 cm³/mol. The van der Waals surface area contributed by atoms with E-state index in [1.807, 2.05) is 7.05 Å². The summed E-state index contributed by atoms with van der Waals surface area (Å²) in [6.07, 6.45) is 10.2. The van der Waals surface area contributed by atoms with Gasteiger partial charge in [-0.1, -0.05) is 39.0 Å². The normalized spacial score (nSPS) is 21.8. The van der Waals surface area contributed by atoms with Crippen molar-refractivity contribution in [1.29, 1.82) is 0 Å². The van der Waals surface area contributed by atoms with E-state index in [2.05, 4.69) is 27.0 Å². The molecule has 1 N–H and O–H groups in total. The van der Waals surface area contributed by atoms with Gasteiger partial charge in [-0.25, -0.2) is 0 Å². The molecule has 0 aromatic heterocycles. The topological polar surface area (TPSA) is 49.3 Å². The molecule has 158 valence electrons. The van der Waals surface area contributed by atoms with E-state index in [1.165, 1.54) is 44.9 Å². The lowest BCUT2D eigenvalue weighted by atomic mass is 10.1. The van der Waals surface area contributed by atoms with Gasteiger partial charge in [-0.05, 0) is 19.3 Å². The molecule has 6 nitrogen and oxygen atoms in total. The van der Waals surface area contributed by atoms with Gasteiger partial charge in [-0.3, -0.25) is 9.89 Å². The van der Waals surface area contributed by atoms with Crippen LogP contribution in [0.15, 0.2) is 4.99 Å². The van der Waals surface area contributed by atoms with Gasteiger partial charge in [-0.15, -0.1) is 0 Å². The number of hydrogen-bond acceptors (Lipinski definition) is 4. The summed E-state index contributed by atoms with van der Waals surface area (Å²) in [5.74, 6) is 1.04.